The van der Waals surface area contributed by atoms with Crippen molar-refractivity contribution in [3.8, 4) is 5.75 Å². The molecule has 0 fully saturated rings. The van der Waals surface area contributed by atoms with Crippen LogP contribution in [0.2, 0.25) is 0 Å². The van der Waals surface area contributed by atoms with Crippen molar-refractivity contribution in [3.63, 3.8) is 0 Å². The molecule has 2 aromatic carbocycles. The number of ether oxygens (including phenoxy) is 1. The molecule has 0 saturated heterocycles. The van der Waals surface area contributed by atoms with Gasteiger partial charge in [-0.05, 0) is 30.2 Å². The molecule has 4 heteroatoms. The molecule has 0 saturated carbocycles. The van der Waals surface area contributed by atoms with E-state index in [-0.39, 0.29) is 5.91 Å². The van der Waals surface area contributed by atoms with Crippen molar-refractivity contribution in [1.82, 2.24) is 0 Å². The Labute approximate surface area is 130 Å². The SMILES string of the molecule is CCCC(=O)Nc1cc(C=O)ccc1OCc1ccccc1. The first-order chi connectivity index (χ1) is 10.7. The van der Waals surface area contributed by atoms with Gasteiger partial charge in [0, 0.05) is 12.0 Å². The average Bonchev–Trinajstić information content (AvgIpc) is 2.54. The topological polar surface area (TPSA) is 55.4 Å². The van der Waals surface area contributed by atoms with Crippen LogP contribution >= 0.6 is 0 Å². The highest BCUT2D eigenvalue weighted by molar-refractivity contribution is 5.93. The zero-order valence-corrected chi connectivity index (χ0v) is 12.5. The summed E-state index contributed by atoms with van der Waals surface area (Å²) in [5, 5.41) is 2.80. The summed E-state index contributed by atoms with van der Waals surface area (Å²) >= 11 is 0. The number of amides is 1. The maximum absolute atomic E-state index is 11.8. The van der Waals surface area contributed by atoms with Gasteiger partial charge in [-0.25, -0.2) is 0 Å². The van der Waals surface area contributed by atoms with Gasteiger partial charge >= 0.3 is 0 Å². The number of carbonyl (C=O) groups excluding carboxylic acids is 2. The lowest BCUT2D eigenvalue weighted by Crippen LogP contribution is -2.12. The second-order valence-corrected chi connectivity index (χ2v) is 4.95. The van der Waals surface area contributed by atoms with E-state index in [0.717, 1.165) is 18.3 Å². The maximum Gasteiger partial charge on any atom is 0.224 e. The molecular formula is C18H19NO3. The number of rotatable bonds is 7. The highest BCUT2D eigenvalue weighted by Gasteiger charge is 2.09. The summed E-state index contributed by atoms with van der Waals surface area (Å²) in [6, 6.07) is 14.8. The summed E-state index contributed by atoms with van der Waals surface area (Å²) in [6.45, 7) is 2.34. The number of aldehydes is 1. The number of benzene rings is 2. The molecule has 0 atom stereocenters. The first-order valence-electron chi connectivity index (χ1n) is 7.28. The Kier molecular flexibility index (Phi) is 5.72. The molecule has 0 aliphatic heterocycles. The van der Waals surface area contributed by atoms with Crippen LogP contribution in [0.4, 0.5) is 5.69 Å². The molecule has 2 aromatic rings. The van der Waals surface area contributed by atoms with Crippen molar-refractivity contribution in [1.29, 1.82) is 0 Å². The fourth-order valence-corrected chi connectivity index (χ4v) is 2.02. The van der Waals surface area contributed by atoms with E-state index in [0.29, 0.717) is 30.0 Å². The zero-order chi connectivity index (χ0) is 15.8. The molecule has 0 unspecified atom stereocenters. The van der Waals surface area contributed by atoms with E-state index in [4.69, 9.17) is 4.74 Å². The van der Waals surface area contributed by atoms with Gasteiger partial charge < -0.3 is 10.1 Å². The Morgan fingerprint density at radius 3 is 2.64 bits per heavy atom. The van der Waals surface area contributed by atoms with Crippen LogP contribution in [-0.4, -0.2) is 12.2 Å². The van der Waals surface area contributed by atoms with E-state index in [9.17, 15) is 9.59 Å². The molecule has 0 spiro atoms. The Morgan fingerprint density at radius 1 is 1.18 bits per heavy atom. The fourth-order valence-electron chi connectivity index (χ4n) is 2.02. The molecular weight excluding hydrogens is 278 g/mol. The van der Waals surface area contributed by atoms with E-state index >= 15 is 0 Å². The second-order valence-electron chi connectivity index (χ2n) is 4.95. The third-order valence-electron chi connectivity index (χ3n) is 3.13. The van der Waals surface area contributed by atoms with Crippen LogP contribution in [0.3, 0.4) is 0 Å². The van der Waals surface area contributed by atoms with Crippen LogP contribution in [0.1, 0.15) is 35.7 Å². The Bertz CT molecular complexity index is 638. The molecule has 1 N–H and O–H groups in total. The van der Waals surface area contributed by atoms with Crippen molar-refractivity contribution in [2.75, 3.05) is 5.32 Å². The summed E-state index contributed by atoms with van der Waals surface area (Å²) < 4.78 is 5.77. The highest BCUT2D eigenvalue weighted by Crippen LogP contribution is 2.26. The number of hydrogen-bond donors (Lipinski definition) is 1. The standard InChI is InChI=1S/C18H19NO3/c1-2-6-18(21)19-16-11-15(12-20)9-10-17(16)22-13-14-7-4-3-5-8-14/h3-5,7-12H,2,6,13H2,1H3,(H,19,21). The van der Waals surface area contributed by atoms with Crippen LogP contribution in [-0.2, 0) is 11.4 Å². The van der Waals surface area contributed by atoms with Crippen LogP contribution in [0.25, 0.3) is 0 Å². The number of anilines is 1. The molecule has 2 rings (SSSR count). The van der Waals surface area contributed by atoms with Gasteiger partial charge in [-0.15, -0.1) is 0 Å². The molecule has 0 aliphatic carbocycles. The van der Waals surface area contributed by atoms with Crippen molar-refractivity contribution in [3.05, 3.63) is 59.7 Å². The minimum Gasteiger partial charge on any atom is -0.487 e. The quantitative estimate of drug-likeness (QED) is 0.790. The van der Waals surface area contributed by atoms with Gasteiger partial charge in [0.25, 0.3) is 0 Å². The maximum atomic E-state index is 11.8. The molecule has 114 valence electrons. The molecule has 0 aliphatic rings. The minimum atomic E-state index is -0.0879. The molecule has 0 radical (unpaired) electrons. The predicted molar refractivity (Wildman–Crippen MR) is 86.1 cm³/mol. The number of carbonyl (C=O) groups is 2. The largest absolute Gasteiger partial charge is 0.487 e. The first-order valence-corrected chi connectivity index (χ1v) is 7.28. The van der Waals surface area contributed by atoms with E-state index in [1.165, 1.54) is 0 Å². The Balaban J connectivity index is 2.14. The van der Waals surface area contributed by atoms with Crippen molar-refractivity contribution < 1.29 is 14.3 Å². The zero-order valence-electron chi connectivity index (χ0n) is 12.5. The van der Waals surface area contributed by atoms with Crippen LogP contribution in [0, 0.1) is 0 Å². The van der Waals surface area contributed by atoms with Crippen LogP contribution in [0.15, 0.2) is 48.5 Å². The molecule has 0 bridgehead atoms. The lowest BCUT2D eigenvalue weighted by Gasteiger charge is -2.13. The van der Waals surface area contributed by atoms with Gasteiger partial charge in [-0.1, -0.05) is 37.3 Å². The van der Waals surface area contributed by atoms with E-state index in [1.807, 2.05) is 37.3 Å². The fraction of sp³-hybridized carbons (Fsp3) is 0.222. The summed E-state index contributed by atoms with van der Waals surface area (Å²) in [6.07, 6.45) is 1.94. The van der Waals surface area contributed by atoms with Crippen molar-refractivity contribution >= 4 is 17.9 Å². The third-order valence-corrected chi connectivity index (χ3v) is 3.13. The van der Waals surface area contributed by atoms with Crippen LogP contribution < -0.4 is 10.1 Å². The van der Waals surface area contributed by atoms with Gasteiger partial charge in [0.15, 0.2) is 0 Å². The normalized spacial score (nSPS) is 10.0. The average molecular weight is 297 g/mol. The molecule has 0 aromatic heterocycles. The first kappa shape index (κ1) is 15.8. The summed E-state index contributed by atoms with van der Waals surface area (Å²) in [5.74, 6) is 0.467. The molecule has 4 nitrogen and oxygen atoms in total. The Morgan fingerprint density at radius 2 is 1.95 bits per heavy atom. The van der Waals surface area contributed by atoms with E-state index in [1.54, 1.807) is 18.2 Å². The number of hydrogen-bond acceptors (Lipinski definition) is 3. The van der Waals surface area contributed by atoms with Gasteiger partial charge in [0.05, 0.1) is 5.69 Å². The Hall–Kier alpha value is -2.62. The van der Waals surface area contributed by atoms with Crippen LogP contribution in [0.5, 0.6) is 5.75 Å². The van der Waals surface area contributed by atoms with E-state index in [2.05, 4.69) is 5.32 Å². The molecule has 1 amide bonds. The molecule has 22 heavy (non-hydrogen) atoms. The third kappa shape index (κ3) is 4.45. The summed E-state index contributed by atoms with van der Waals surface area (Å²) in [7, 11) is 0. The minimum absolute atomic E-state index is 0.0879. The molecule has 0 heterocycles. The number of nitrogens with one attached hydrogen (secondary N) is 1. The van der Waals surface area contributed by atoms with Gasteiger partial charge in [0.1, 0.15) is 18.6 Å². The lowest BCUT2D eigenvalue weighted by molar-refractivity contribution is -0.116. The predicted octanol–water partition coefficient (Wildman–Crippen LogP) is 3.82. The van der Waals surface area contributed by atoms with Gasteiger partial charge in [0.2, 0.25) is 5.91 Å². The van der Waals surface area contributed by atoms with Crippen molar-refractivity contribution in [2.45, 2.75) is 26.4 Å². The van der Waals surface area contributed by atoms with Gasteiger partial charge in [-0.3, -0.25) is 9.59 Å². The second kappa shape index (κ2) is 7.98. The van der Waals surface area contributed by atoms with Crippen molar-refractivity contribution in [2.24, 2.45) is 0 Å². The highest BCUT2D eigenvalue weighted by atomic mass is 16.5. The summed E-state index contributed by atoms with van der Waals surface area (Å²) in [4.78, 5) is 22.7. The summed E-state index contributed by atoms with van der Waals surface area (Å²) in [5.41, 5.74) is 2.06. The van der Waals surface area contributed by atoms with E-state index < -0.39 is 0 Å². The monoisotopic (exact) mass is 297 g/mol. The van der Waals surface area contributed by atoms with Gasteiger partial charge in [-0.2, -0.15) is 0 Å². The lowest BCUT2D eigenvalue weighted by atomic mass is 10.2. The smallest absolute Gasteiger partial charge is 0.224 e.